The van der Waals surface area contributed by atoms with E-state index in [-0.39, 0.29) is 0 Å². The van der Waals surface area contributed by atoms with Crippen LogP contribution in [0.2, 0.25) is 0 Å². The summed E-state index contributed by atoms with van der Waals surface area (Å²) in [6, 6.07) is 0. The van der Waals surface area contributed by atoms with Crippen LogP contribution < -0.4 is 0 Å². The van der Waals surface area contributed by atoms with Gasteiger partial charge in [-0.1, -0.05) is 0 Å². The molecule has 0 spiro atoms. The second-order valence-electron chi connectivity index (χ2n) is 2.10. The minimum atomic E-state index is 1.09. The van der Waals surface area contributed by atoms with Crippen LogP contribution in [0.1, 0.15) is 6.92 Å². The molecule has 1 heterocycles. The van der Waals surface area contributed by atoms with Gasteiger partial charge < -0.3 is 0 Å². The third-order valence-electron chi connectivity index (χ3n) is 1.40. The maximum atomic E-state index is 3.17. The zero-order chi connectivity index (χ0) is 5.98. The predicted octanol–water partition coefficient (Wildman–Crippen LogP) is -0.131. The molecular weight excluding hydrogens is 100 g/mol. The zero-order valence-corrected chi connectivity index (χ0v) is 5.52. The summed E-state index contributed by atoms with van der Waals surface area (Å²) in [5, 5.41) is 0. The van der Waals surface area contributed by atoms with E-state index in [0.29, 0.717) is 0 Å². The Balaban J connectivity index is 2.41. The molecule has 0 fully saturated rings. The number of rotatable bonds is 1. The van der Waals surface area contributed by atoms with E-state index in [2.05, 4.69) is 29.8 Å². The standard InChI is InChI=1S/C6H12N2/c1-3-8-5-4-7(2)6-8/h3-5H2,1-2H3/q+1. The molecule has 1 radical (unpaired) electrons. The summed E-state index contributed by atoms with van der Waals surface area (Å²) in [7, 11) is 2.05. The van der Waals surface area contributed by atoms with Crippen LogP contribution in [0.5, 0.6) is 0 Å². The molecule has 0 saturated carbocycles. The van der Waals surface area contributed by atoms with Gasteiger partial charge in [-0.15, -0.1) is 0 Å². The molecule has 2 heteroatoms. The van der Waals surface area contributed by atoms with E-state index < -0.39 is 0 Å². The number of hydrogen-bond donors (Lipinski definition) is 0. The first-order valence-electron chi connectivity index (χ1n) is 3.05. The lowest BCUT2D eigenvalue weighted by Gasteiger charge is -1.96. The third kappa shape index (κ3) is 0.997. The van der Waals surface area contributed by atoms with Crippen molar-refractivity contribution in [2.45, 2.75) is 6.92 Å². The van der Waals surface area contributed by atoms with Crippen molar-refractivity contribution in [3.8, 4) is 0 Å². The molecule has 2 nitrogen and oxygen atoms in total. The highest BCUT2D eigenvalue weighted by atomic mass is 15.2. The van der Waals surface area contributed by atoms with Crippen molar-refractivity contribution < 1.29 is 4.58 Å². The van der Waals surface area contributed by atoms with Crippen molar-refractivity contribution in [2.24, 2.45) is 0 Å². The van der Waals surface area contributed by atoms with Crippen molar-refractivity contribution in [2.75, 3.05) is 26.7 Å². The second kappa shape index (κ2) is 2.16. The van der Waals surface area contributed by atoms with Gasteiger partial charge in [0.25, 0.3) is 0 Å². The summed E-state index contributed by atoms with van der Waals surface area (Å²) in [5.74, 6) is 0. The van der Waals surface area contributed by atoms with Crippen LogP contribution in [-0.2, 0) is 0 Å². The van der Waals surface area contributed by atoms with Crippen LogP contribution in [0.25, 0.3) is 0 Å². The van der Waals surface area contributed by atoms with Gasteiger partial charge in [-0.05, 0) is 6.92 Å². The normalized spacial score (nSPS) is 19.2. The summed E-state index contributed by atoms with van der Waals surface area (Å²) >= 11 is 0. The van der Waals surface area contributed by atoms with Crippen molar-refractivity contribution in [3.05, 3.63) is 0 Å². The SMILES string of the molecule is CCN1[C]=[N+](C)CC1. The summed E-state index contributed by atoms with van der Waals surface area (Å²) < 4.78 is 2.09. The van der Waals surface area contributed by atoms with Gasteiger partial charge >= 0.3 is 6.34 Å². The summed E-state index contributed by atoms with van der Waals surface area (Å²) in [4.78, 5) is 2.18. The molecule has 0 aliphatic carbocycles. The van der Waals surface area contributed by atoms with Crippen LogP contribution in [0.15, 0.2) is 0 Å². The molecule has 45 valence electrons. The predicted molar refractivity (Wildman–Crippen MR) is 33.3 cm³/mol. The van der Waals surface area contributed by atoms with Gasteiger partial charge in [-0.25, -0.2) is 0 Å². The first-order chi connectivity index (χ1) is 3.83. The second-order valence-corrected chi connectivity index (χ2v) is 2.10. The first-order valence-corrected chi connectivity index (χ1v) is 3.05. The molecule has 0 saturated heterocycles. The molecule has 0 amide bonds. The Bertz CT molecular complexity index is 107. The van der Waals surface area contributed by atoms with Crippen LogP contribution >= 0.6 is 0 Å². The first kappa shape index (κ1) is 5.60. The largest absolute Gasteiger partial charge is 0.362 e. The molecule has 1 aliphatic heterocycles. The molecule has 0 unspecified atom stereocenters. The molecule has 0 bridgehead atoms. The van der Waals surface area contributed by atoms with E-state index in [9.17, 15) is 0 Å². The minimum absolute atomic E-state index is 1.09. The lowest BCUT2D eigenvalue weighted by atomic mass is 10.6. The molecule has 8 heavy (non-hydrogen) atoms. The lowest BCUT2D eigenvalue weighted by Crippen LogP contribution is -2.18. The summed E-state index contributed by atoms with van der Waals surface area (Å²) in [6.07, 6.45) is 3.17. The average molecular weight is 112 g/mol. The average Bonchev–Trinajstić information content (AvgIpc) is 2.14. The number of nitrogens with zero attached hydrogens (tertiary/aromatic N) is 2. The van der Waals surface area contributed by atoms with E-state index in [1.807, 2.05) is 0 Å². The van der Waals surface area contributed by atoms with Crippen LogP contribution in [0.3, 0.4) is 0 Å². The Hall–Kier alpha value is -0.530. The van der Waals surface area contributed by atoms with Gasteiger partial charge in [0.05, 0.1) is 13.6 Å². The maximum absolute atomic E-state index is 3.17. The maximum Gasteiger partial charge on any atom is 0.362 e. The Kier molecular flexibility index (Phi) is 1.51. The van der Waals surface area contributed by atoms with E-state index >= 15 is 0 Å². The van der Waals surface area contributed by atoms with E-state index in [1.54, 1.807) is 0 Å². The third-order valence-corrected chi connectivity index (χ3v) is 1.40. The highest BCUT2D eigenvalue weighted by Crippen LogP contribution is 1.88. The minimum Gasteiger partial charge on any atom is -0.254 e. The van der Waals surface area contributed by atoms with Gasteiger partial charge in [0.15, 0.2) is 0 Å². The van der Waals surface area contributed by atoms with Crippen LogP contribution in [0.4, 0.5) is 0 Å². The topological polar surface area (TPSA) is 6.25 Å². The van der Waals surface area contributed by atoms with Crippen molar-refractivity contribution >= 4 is 6.34 Å². The van der Waals surface area contributed by atoms with Crippen molar-refractivity contribution in [1.29, 1.82) is 0 Å². The molecule has 1 aliphatic rings. The van der Waals surface area contributed by atoms with Gasteiger partial charge in [-0.2, -0.15) is 0 Å². The Morgan fingerprint density at radius 3 is 2.75 bits per heavy atom. The highest BCUT2D eigenvalue weighted by Gasteiger charge is 2.14. The van der Waals surface area contributed by atoms with Crippen LogP contribution in [-0.4, -0.2) is 42.5 Å². The molecule has 0 aromatic rings. The van der Waals surface area contributed by atoms with E-state index in [1.165, 1.54) is 0 Å². The summed E-state index contributed by atoms with van der Waals surface area (Å²) in [6.45, 7) is 5.51. The molecular formula is C6H12N2+. The molecule has 0 aromatic heterocycles. The quantitative estimate of drug-likeness (QED) is 0.428. The van der Waals surface area contributed by atoms with Gasteiger partial charge in [0.2, 0.25) is 0 Å². The zero-order valence-electron chi connectivity index (χ0n) is 5.52. The summed E-state index contributed by atoms with van der Waals surface area (Å²) in [5.41, 5.74) is 0. The lowest BCUT2D eigenvalue weighted by molar-refractivity contribution is -0.482. The fraction of sp³-hybridized carbons (Fsp3) is 0.833. The fourth-order valence-electron chi connectivity index (χ4n) is 0.841. The number of hydrogen-bond acceptors (Lipinski definition) is 1. The highest BCUT2D eigenvalue weighted by molar-refractivity contribution is 5.49. The van der Waals surface area contributed by atoms with E-state index in [0.717, 1.165) is 19.6 Å². The van der Waals surface area contributed by atoms with Gasteiger partial charge in [-0.3, -0.25) is 9.48 Å². The van der Waals surface area contributed by atoms with Crippen molar-refractivity contribution in [1.82, 2.24) is 4.90 Å². The Labute approximate surface area is 50.4 Å². The molecule has 0 N–H and O–H groups in total. The number of likely N-dealkylation sites (N-methyl/N-ethyl adjacent to an activating group) is 2. The molecule has 0 atom stereocenters. The van der Waals surface area contributed by atoms with E-state index in [4.69, 9.17) is 0 Å². The van der Waals surface area contributed by atoms with Gasteiger partial charge in [0, 0.05) is 0 Å². The monoisotopic (exact) mass is 112 g/mol. The van der Waals surface area contributed by atoms with Crippen molar-refractivity contribution in [3.63, 3.8) is 0 Å². The molecule has 0 aromatic carbocycles. The van der Waals surface area contributed by atoms with Crippen LogP contribution in [0, 0.1) is 0 Å². The smallest absolute Gasteiger partial charge is 0.254 e. The fourth-order valence-corrected chi connectivity index (χ4v) is 0.841. The Morgan fingerprint density at radius 2 is 2.50 bits per heavy atom. The molecule has 1 rings (SSSR count). The Morgan fingerprint density at radius 1 is 1.75 bits per heavy atom. The van der Waals surface area contributed by atoms with Gasteiger partial charge in [0.1, 0.15) is 13.1 Å².